The highest BCUT2D eigenvalue weighted by Gasteiger charge is 2.24. The molecule has 1 fully saturated rings. The zero-order valence-electron chi connectivity index (χ0n) is 14.0. The second-order valence-corrected chi connectivity index (χ2v) is 5.81. The molecule has 2 rings (SSSR count). The second-order valence-electron chi connectivity index (χ2n) is 5.81. The van der Waals surface area contributed by atoms with Gasteiger partial charge in [0.25, 0.3) is 5.91 Å². The Kier molecular flexibility index (Phi) is 6.35. The van der Waals surface area contributed by atoms with Crippen molar-refractivity contribution in [3.05, 3.63) is 42.0 Å². The summed E-state index contributed by atoms with van der Waals surface area (Å²) in [6, 6.07) is 7.90. The monoisotopic (exact) mass is 316 g/mol. The maximum Gasteiger partial charge on any atom is 0.279 e. The van der Waals surface area contributed by atoms with Crippen LogP contribution in [0, 0.1) is 0 Å². The van der Waals surface area contributed by atoms with Crippen LogP contribution in [0.3, 0.4) is 0 Å². The van der Waals surface area contributed by atoms with Gasteiger partial charge in [-0.3, -0.25) is 9.59 Å². The lowest BCUT2D eigenvalue weighted by atomic mass is 10.1. The molecule has 1 saturated heterocycles. The summed E-state index contributed by atoms with van der Waals surface area (Å²) in [6.45, 7) is 7.41. The van der Waals surface area contributed by atoms with Crippen molar-refractivity contribution in [1.82, 2.24) is 4.90 Å². The first kappa shape index (κ1) is 17.2. The summed E-state index contributed by atoms with van der Waals surface area (Å²) in [5.74, 6) is 0.0991. The van der Waals surface area contributed by atoms with Crippen LogP contribution in [0.5, 0.6) is 0 Å². The van der Waals surface area contributed by atoms with E-state index in [0.717, 1.165) is 30.8 Å². The van der Waals surface area contributed by atoms with Gasteiger partial charge in [0, 0.05) is 5.69 Å². The SMILES string of the molecule is C/C=C/C(=O)N1CC[NH+](CC(=O)Nc2ccccc2CC)CC1. The third-order valence-corrected chi connectivity index (χ3v) is 4.17. The molecule has 23 heavy (non-hydrogen) atoms. The molecule has 0 unspecified atom stereocenters. The average Bonchev–Trinajstić information content (AvgIpc) is 2.56. The van der Waals surface area contributed by atoms with Gasteiger partial charge in [-0.25, -0.2) is 0 Å². The largest absolute Gasteiger partial charge is 0.328 e. The zero-order valence-corrected chi connectivity index (χ0v) is 14.0. The van der Waals surface area contributed by atoms with Crippen LogP contribution in [0.2, 0.25) is 0 Å². The van der Waals surface area contributed by atoms with Crippen LogP contribution in [0.25, 0.3) is 0 Å². The molecule has 1 aliphatic rings. The Morgan fingerprint density at radius 1 is 1.26 bits per heavy atom. The number of nitrogens with zero attached hydrogens (tertiary/aromatic N) is 1. The molecule has 0 atom stereocenters. The van der Waals surface area contributed by atoms with E-state index >= 15 is 0 Å². The Morgan fingerprint density at radius 2 is 1.96 bits per heavy atom. The van der Waals surface area contributed by atoms with E-state index in [1.54, 1.807) is 12.2 Å². The molecule has 2 amide bonds. The Labute approximate surface area is 138 Å². The fourth-order valence-corrected chi connectivity index (χ4v) is 2.84. The first-order valence-electron chi connectivity index (χ1n) is 8.27. The lowest BCUT2D eigenvalue weighted by Crippen LogP contribution is -3.15. The van der Waals surface area contributed by atoms with Crippen molar-refractivity contribution in [1.29, 1.82) is 0 Å². The number of para-hydroxylation sites is 1. The number of benzene rings is 1. The number of amides is 2. The number of nitrogens with one attached hydrogen (secondary N) is 2. The predicted molar refractivity (Wildman–Crippen MR) is 91.4 cm³/mol. The first-order chi connectivity index (χ1) is 11.1. The second kappa shape index (κ2) is 8.48. The quantitative estimate of drug-likeness (QED) is 0.777. The summed E-state index contributed by atoms with van der Waals surface area (Å²) in [4.78, 5) is 27.1. The van der Waals surface area contributed by atoms with Gasteiger partial charge in [-0.1, -0.05) is 31.2 Å². The molecule has 0 aromatic heterocycles. The topological polar surface area (TPSA) is 53.9 Å². The molecule has 0 radical (unpaired) electrons. The molecule has 1 aromatic carbocycles. The summed E-state index contributed by atoms with van der Waals surface area (Å²) in [5, 5.41) is 3.01. The third-order valence-electron chi connectivity index (χ3n) is 4.17. The highest BCUT2D eigenvalue weighted by atomic mass is 16.2. The molecular formula is C18H26N3O2+. The number of anilines is 1. The molecule has 1 aliphatic heterocycles. The van der Waals surface area contributed by atoms with Crippen molar-refractivity contribution in [2.45, 2.75) is 20.3 Å². The molecule has 1 aromatic rings. The van der Waals surface area contributed by atoms with Crippen molar-refractivity contribution in [3.63, 3.8) is 0 Å². The normalized spacial score (nSPS) is 15.8. The highest BCUT2D eigenvalue weighted by Crippen LogP contribution is 2.14. The van der Waals surface area contributed by atoms with Crippen molar-refractivity contribution >= 4 is 17.5 Å². The van der Waals surface area contributed by atoms with Crippen LogP contribution < -0.4 is 10.2 Å². The average molecular weight is 316 g/mol. The first-order valence-corrected chi connectivity index (χ1v) is 8.27. The zero-order chi connectivity index (χ0) is 16.7. The van der Waals surface area contributed by atoms with Gasteiger partial charge in [0.1, 0.15) is 0 Å². The van der Waals surface area contributed by atoms with Crippen molar-refractivity contribution in [3.8, 4) is 0 Å². The summed E-state index contributed by atoms with van der Waals surface area (Å²) < 4.78 is 0. The van der Waals surface area contributed by atoms with Crippen LogP contribution in [0.4, 0.5) is 5.69 Å². The smallest absolute Gasteiger partial charge is 0.279 e. The van der Waals surface area contributed by atoms with Crippen molar-refractivity contribution in [2.24, 2.45) is 0 Å². The summed E-state index contributed by atoms with van der Waals surface area (Å²) in [6.07, 6.45) is 4.26. The van der Waals surface area contributed by atoms with Gasteiger partial charge in [0.2, 0.25) is 5.91 Å². The Balaban J connectivity index is 1.82. The van der Waals surface area contributed by atoms with Gasteiger partial charge < -0.3 is 15.1 Å². The van der Waals surface area contributed by atoms with Crippen molar-refractivity contribution in [2.75, 3.05) is 38.0 Å². The Bertz CT molecular complexity index is 575. The predicted octanol–water partition coefficient (Wildman–Crippen LogP) is 0.491. The molecule has 0 saturated carbocycles. The van der Waals surface area contributed by atoms with E-state index in [4.69, 9.17) is 0 Å². The molecule has 2 N–H and O–H groups in total. The number of hydrogen-bond acceptors (Lipinski definition) is 2. The lowest BCUT2D eigenvalue weighted by Gasteiger charge is -2.31. The van der Waals surface area contributed by atoms with Crippen LogP contribution in [0.15, 0.2) is 36.4 Å². The Hall–Kier alpha value is -2.14. The fraction of sp³-hybridized carbons (Fsp3) is 0.444. The summed E-state index contributed by atoms with van der Waals surface area (Å²) >= 11 is 0. The van der Waals surface area contributed by atoms with Gasteiger partial charge in [-0.15, -0.1) is 0 Å². The van der Waals surface area contributed by atoms with E-state index < -0.39 is 0 Å². The van der Waals surface area contributed by atoms with E-state index in [-0.39, 0.29) is 11.8 Å². The standard InChI is InChI=1S/C18H25N3O2/c1-3-7-18(23)21-12-10-20(11-13-21)14-17(22)19-16-9-6-5-8-15(16)4-2/h3,5-9H,4,10-14H2,1-2H3,(H,19,22)/p+1/b7-3+. The summed E-state index contributed by atoms with van der Waals surface area (Å²) in [7, 11) is 0. The molecule has 0 aliphatic carbocycles. The maximum absolute atomic E-state index is 12.2. The van der Waals surface area contributed by atoms with E-state index in [1.807, 2.05) is 36.1 Å². The summed E-state index contributed by atoms with van der Waals surface area (Å²) in [5.41, 5.74) is 2.05. The van der Waals surface area contributed by atoms with E-state index in [0.29, 0.717) is 19.6 Å². The van der Waals surface area contributed by atoms with Crippen LogP contribution in [-0.2, 0) is 16.0 Å². The molecule has 5 nitrogen and oxygen atoms in total. The number of carbonyl (C=O) groups is 2. The molecule has 124 valence electrons. The van der Waals surface area contributed by atoms with Gasteiger partial charge in [-0.2, -0.15) is 0 Å². The van der Waals surface area contributed by atoms with Crippen LogP contribution in [-0.4, -0.2) is 49.4 Å². The molecule has 5 heteroatoms. The number of hydrogen-bond donors (Lipinski definition) is 2. The van der Waals surface area contributed by atoms with Crippen molar-refractivity contribution < 1.29 is 14.5 Å². The van der Waals surface area contributed by atoms with Gasteiger partial charge in [-0.05, 0) is 31.1 Å². The van der Waals surface area contributed by atoms with Gasteiger partial charge in [0.15, 0.2) is 6.54 Å². The number of allylic oxidation sites excluding steroid dienone is 1. The lowest BCUT2D eigenvalue weighted by molar-refractivity contribution is -0.895. The molecule has 0 spiro atoms. The number of rotatable bonds is 5. The number of quaternary nitrogens is 1. The number of carbonyl (C=O) groups excluding carboxylic acids is 2. The van der Waals surface area contributed by atoms with E-state index in [2.05, 4.69) is 12.2 Å². The number of piperazine rings is 1. The van der Waals surface area contributed by atoms with Crippen LogP contribution in [0.1, 0.15) is 19.4 Å². The molecule has 1 heterocycles. The minimum Gasteiger partial charge on any atom is -0.328 e. The van der Waals surface area contributed by atoms with Crippen LogP contribution >= 0.6 is 0 Å². The van der Waals surface area contributed by atoms with Gasteiger partial charge in [0.05, 0.1) is 26.2 Å². The molecule has 0 bridgehead atoms. The number of aryl methyl sites for hydroxylation is 1. The van der Waals surface area contributed by atoms with E-state index in [9.17, 15) is 9.59 Å². The van der Waals surface area contributed by atoms with Gasteiger partial charge >= 0.3 is 0 Å². The molecular weight excluding hydrogens is 290 g/mol. The fourth-order valence-electron chi connectivity index (χ4n) is 2.84. The van der Waals surface area contributed by atoms with E-state index in [1.165, 1.54) is 4.90 Å². The maximum atomic E-state index is 12.2. The third kappa shape index (κ3) is 4.93. The minimum absolute atomic E-state index is 0.0362. The minimum atomic E-state index is 0.0362. The highest BCUT2D eigenvalue weighted by molar-refractivity contribution is 5.92. The Morgan fingerprint density at radius 3 is 2.61 bits per heavy atom.